The third kappa shape index (κ3) is 15.5. The number of rotatable bonds is 23. The van der Waals surface area contributed by atoms with E-state index in [4.69, 9.17) is 28.4 Å². The van der Waals surface area contributed by atoms with Crippen LogP contribution in [-0.2, 0) is 44.3 Å². The zero-order valence-electron chi connectivity index (χ0n) is 33.5. The number of hydrogen-bond acceptors (Lipinski definition) is 10. The fraction of sp³-hybridized carbons (Fsp3) is 0.304. The number of alkyl halides is 6. The van der Waals surface area contributed by atoms with Crippen molar-refractivity contribution >= 4 is 23.9 Å². The van der Waals surface area contributed by atoms with Gasteiger partial charge in [0.1, 0.15) is 41.8 Å². The van der Waals surface area contributed by atoms with Gasteiger partial charge in [0.15, 0.2) is 0 Å². The number of aryl methyl sites for hydroxylation is 2. The van der Waals surface area contributed by atoms with E-state index in [1.807, 2.05) is 0 Å². The molecule has 0 aliphatic rings. The summed E-state index contributed by atoms with van der Waals surface area (Å²) in [5.41, 5.74) is -3.83. The van der Waals surface area contributed by atoms with Gasteiger partial charge >= 0.3 is 36.2 Å². The Bertz CT molecular complexity index is 2130. The summed E-state index contributed by atoms with van der Waals surface area (Å²) in [5, 5.41) is 0. The van der Waals surface area contributed by atoms with E-state index in [-0.39, 0.29) is 49.5 Å². The fourth-order valence-electron chi connectivity index (χ4n) is 5.93. The van der Waals surface area contributed by atoms with E-state index in [0.717, 1.165) is 42.7 Å². The van der Waals surface area contributed by atoms with Gasteiger partial charge in [-0.05, 0) is 129 Å². The summed E-state index contributed by atoms with van der Waals surface area (Å²) in [6.07, 6.45) is -5.49. The van der Waals surface area contributed by atoms with E-state index in [2.05, 4.69) is 13.2 Å². The van der Waals surface area contributed by atoms with Crippen molar-refractivity contribution in [1.29, 1.82) is 0 Å². The van der Waals surface area contributed by atoms with Gasteiger partial charge in [0.25, 0.3) is 0 Å². The number of halogens is 6. The molecule has 0 N–H and O–H groups in total. The van der Waals surface area contributed by atoms with Crippen LogP contribution in [-0.4, -0.2) is 50.3 Å². The summed E-state index contributed by atoms with van der Waals surface area (Å²) in [7, 11) is 0. The highest BCUT2D eigenvalue weighted by Crippen LogP contribution is 2.47. The van der Waals surface area contributed by atoms with Crippen LogP contribution in [0.1, 0.15) is 81.5 Å². The van der Waals surface area contributed by atoms with Crippen LogP contribution < -0.4 is 18.9 Å². The number of esters is 4. The molecule has 62 heavy (non-hydrogen) atoms. The van der Waals surface area contributed by atoms with Gasteiger partial charge in [-0.25, -0.2) is 19.2 Å². The summed E-state index contributed by atoms with van der Waals surface area (Å²) in [6, 6.07) is 19.3. The minimum absolute atomic E-state index is 0.0146. The lowest BCUT2D eigenvalue weighted by Crippen LogP contribution is -2.22. The Morgan fingerprint density at radius 2 is 0.968 bits per heavy atom. The van der Waals surface area contributed by atoms with E-state index >= 15 is 0 Å². The molecule has 0 heterocycles. The molecule has 0 aliphatic heterocycles. The second-order valence-corrected chi connectivity index (χ2v) is 13.5. The molecular weight excluding hydrogens is 826 g/mol. The maximum absolute atomic E-state index is 14.4. The third-order valence-electron chi connectivity index (χ3n) is 8.98. The Morgan fingerprint density at radius 1 is 0.484 bits per heavy atom. The number of hydrogen-bond donors (Lipinski definition) is 0. The summed E-state index contributed by atoms with van der Waals surface area (Å²) < 4.78 is 117. The Kier molecular flexibility index (Phi) is 18.2. The zero-order chi connectivity index (χ0) is 45.1. The topological polar surface area (TPSA) is 124 Å². The zero-order valence-corrected chi connectivity index (χ0v) is 33.5. The first kappa shape index (κ1) is 48.1. The molecule has 0 atom stereocenters. The van der Waals surface area contributed by atoms with Crippen molar-refractivity contribution in [2.45, 2.75) is 63.7 Å². The van der Waals surface area contributed by atoms with Gasteiger partial charge in [-0.3, -0.25) is 0 Å². The number of carbonyl (C=O) groups is 4. The van der Waals surface area contributed by atoms with Crippen LogP contribution in [0.25, 0.3) is 0 Å². The Balaban J connectivity index is 1.29. The van der Waals surface area contributed by atoms with Crippen molar-refractivity contribution in [3.63, 3.8) is 0 Å². The fourth-order valence-corrected chi connectivity index (χ4v) is 5.93. The monoisotopic (exact) mass is 870 g/mol. The standard InChI is InChI=1S/C46H44F6O10/c1-3-39(53)59-28-10-6-5-9-27-57-35-22-17-34(18-23-35)44(56)62-38-26-19-32(41(45(47,48)49)42(38)46(50,51)52)12-8-7-11-31-13-20-37(21-14-31)61-43(55)33-15-24-36(25-16-33)58-29-30-60-40(54)4-2/h3-4,13-26H,1-2,5-12,27-30H2. The molecule has 16 heteroatoms. The molecule has 0 aromatic heterocycles. The first-order chi connectivity index (χ1) is 29.6. The SMILES string of the molecule is C=CC(=O)OCCCCCCOc1ccc(C(=O)Oc2ccc(CCCCc3ccc(OC(=O)c4ccc(OCCOC(=O)C=C)cc4)cc3)c(C(F)(F)F)c2C(F)(F)F)cc1. The molecule has 0 saturated carbocycles. The van der Waals surface area contributed by atoms with Crippen molar-refractivity contribution in [3.05, 3.63) is 144 Å². The Morgan fingerprint density at radius 3 is 1.52 bits per heavy atom. The highest BCUT2D eigenvalue weighted by atomic mass is 19.4. The summed E-state index contributed by atoms with van der Waals surface area (Å²) >= 11 is 0. The largest absolute Gasteiger partial charge is 0.494 e. The van der Waals surface area contributed by atoms with Crippen LogP contribution in [0.4, 0.5) is 26.3 Å². The average Bonchev–Trinajstić information content (AvgIpc) is 3.24. The van der Waals surface area contributed by atoms with E-state index in [0.29, 0.717) is 43.8 Å². The molecule has 4 aromatic carbocycles. The Labute approximate surface area is 354 Å². The van der Waals surface area contributed by atoms with Gasteiger partial charge in [0.05, 0.1) is 29.9 Å². The summed E-state index contributed by atoms with van der Waals surface area (Å²) in [6.45, 7) is 7.31. The first-order valence-electron chi connectivity index (χ1n) is 19.5. The minimum Gasteiger partial charge on any atom is -0.494 e. The lowest BCUT2D eigenvalue weighted by atomic mass is 9.94. The molecule has 0 aliphatic carbocycles. The van der Waals surface area contributed by atoms with Gasteiger partial charge in [0.2, 0.25) is 0 Å². The summed E-state index contributed by atoms with van der Waals surface area (Å²) in [5.74, 6) is -3.26. The van der Waals surface area contributed by atoms with Gasteiger partial charge < -0.3 is 28.4 Å². The van der Waals surface area contributed by atoms with Crippen LogP contribution >= 0.6 is 0 Å². The number of benzene rings is 4. The number of ether oxygens (including phenoxy) is 6. The molecule has 10 nitrogen and oxygen atoms in total. The molecule has 0 spiro atoms. The molecule has 0 bridgehead atoms. The average molecular weight is 871 g/mol. The highest BCUT2D eigenvalue weighted by molar-refractivity contribution is 5.92. The smallest absolute Gasteiger partial charge is 0.420 e. The maximum atomic E-state index is 14.4. The highest BCUT2D eigenvalue weighted by Gasteiger charge is 2.47. The van der Waals surface area contributed by atoms with E-state index in [9.17, 15) is 45.5 Å². The molecule has 0 fully saturated rings. The molecule has 0 radical (unpaired) electrons. The molecule has 0 unspecified atom stereocenters. The van der Waals surface area contributed by atoms with E-state index in [1.165, 1.54) is 48.5 Å². The van der Waals surface area contributed by atoms with Gasteiger partial charge in [-0.15, -0.1) is 0 Å². The van der Waals surface area contributed by atoms with Gasteiger partial charge in [-0.1, -0.05) is 31.4 Å². The number of unbranched alkanes of at least 4 members (excludes halogenated alkanes) is 4. The lowest BCUT2D eigenvalue weighted by Gasteiger charge is -2.22. The van der Waals surface area contributed by atoms with Crippen molar-refractivity contribution in [1.82, 2.24) is 0 Å². The van der Waals surface area contributed by atoms with Gasteiger partial charge in [0, 0.05) is 12.2 Å². The minimum atomic E-state index is -5.52. The van der Waals surface area contributed by atoms with Crippen molar-refractivity contribution < 1.29 is 73.9 Å². The molecule has 4 rings (SSSR count). The van der Waals surface area contributed by atoms with Crippen LogP contribution in [0.3, 0.4) is 0 Å². The molecule has 0 amide bonds. The predicted octanol–water partition coefficient (Wildman–Crippen LogP) is 10.5. The van der Waals surface area contributed by atoms with Crippen molar-refractivity contribution in [3.8, 4) is 23.0 Å². The van der Waals surface area contributed by atoms with Crippen LogP contribution in [0.2, 0.25) is 0 Å². The molecule has 330 valence electrons. The van der Waals surface area contributed by atoms with E-state index < -0.39 is 58.7 Å². The number of carbonyl (C=O) groups excluding carboxylic acids is 4. The first-order valence-corrected chi connectivity index (χ1v) is 19.5. The second kappa shape index (κ2) is 23.4. The second-order valence-electron chi connectivity index (χ2n) is 13.5. The maximum Gasteiger partial charge on any atom is 0.420 e. The van der Waals surface area contributed by atoms with Crippen LogP contribution in [0.15, 0.2) is 110 Å². The van der Waals surface area contributed by atoms with E-state index in [1.54, 1.807) is 24.3 Å². The molecule has 0 saturated heterocycles. The third-order valence-corrected chi connectivity index (χ3v) is 8.98. The molecular formula is C46H44F6O10. The van der Waals surface area contributed by atoms with Crippen LogP contribution in [0.5, 0.6) is 23.0 Å². The lowest BCUT2D eigenvalue weighted by molar-refractivity contribution is -0.163. The van der Waals surface area contributed by atoms with Crippen molar-refractivity contribution in [2.75, 3.05) is 26.4 Å². The molecule has 4 aromatic rings. The Hall–Kier alpha value is -6.58. The quantitative estimate of drug-likeness (QED) is 0.0234. The summed E-state index contributed by atoms with van der Waals surface area (Å²) in [4.78, 5) is 47.6. The normalized spacial score (nSPS) is 11.3. The van der Waals surface area contributed by atoms with Gasteiger partial charge in [-0.2, -0.15) is 26.3 Å². The van der Waals surface area contributed by atoms with Crippen LogP contribution in [0, 0.1) is 0 Å². The van der Waals surface area contributed by atoms with Crippen molar-refractivity contribution in [2.24, 2.45) is 0 Å². The predicted molar refractivity (Wildman–Crippen MR) is 214 cm³/mol.